The fourth-order valence-electron chi connectivity index (χ4n) is 0.946. The van der Waals surface area contributed by atoms with Gasteiger partial charge in [0.25, 0.3) is 5.19 Å². The first-order valence-electron chi connectivity index (χ1n) is 4.72. The molecule has 1 atom stereocenters. The summed E-state index contributed by atoms with van der Waals surface area (Å²) < 4.78 is 5.28. The third-order valence-electron chi connectivity index (χ3n) is 1.69. The minimum Gasteiger partial charge on any atom is -0.467 e. The fourth-order valence-corrected chi connectivity index (χ4v) is 1.44. The second kappa shape index (κ2) is 5.95. The second-order valence-corrected chi connectivity index (χ2v) is 4.34. The van der Waals surface area contributed by atoms with E-state index in [1.54, 1.807) is 6.20 Å². The molecule has 4 nitrogen and oxygen atoms in total. The summed E-state index contributed by atoms with van der Waals surface area (Å²) in [5.41, 5.74) is 0. The van der Waals surface area contributed by atoms with Gasteiger partial charge in [0, 0.05) is 11.6 Å². The highest BCUT2D eigenvalue weighted by molar-refractivity contribution is 7.11. The molecule has 80 valence electrons. The van der Waals surface area contributed by atoms with E-state index in [-0.39, 0.29) is 0 Å². The molecule has 3 N–H and O–H groups in total. The molecule has 0 aliphatic heterocycles. The van der Waals surface area contributed by atoms with E-state index < -0.39 is 6.10 Å². The van der Waals surface area contributed by atoms with Crippen LogP contribution in [0.25, 0.3) is 0 Å². The first kappa shape index (κ1) is 11.4. The molecule has 0 aromatic carbocycles. The van der Waals surface area contributed by atoms with Gasteiger partial charge >= 0.3 is 0 Å². The number of nitrogens with zero attached hydrogens (tertiary/aromatic N) is 1. The highest BCUT2D eigenvalue weighted by atomic mass is 32.1. The van der Waals surface area contributed by atoms with Crippen molar-refractivity contribution in [2.75, 3.05) is 13.2 Å². The van der Waals surface area contributed by atoms with Crippen LogP contribution in [0.15, 0.2) is 11.6 Å². The molecule has 0 unspecified atom stereocenters. The highest BCUT2D eigenvalue weighted by Crippen LogP contribution is 2.13. The van der Waals surface area contributed by atoms with Gasteiger partial charge in [-0.25, -0.2) is 4.98 Å². The van der Waals surface area contributed by atoms with Crippen LogP contribution >= 0.6 is 11.3 Å². The standard InChI is InChI=1S/C9H16N2O2S/c1-7(2)11-5-8(12)6-13-9-10-3-4-14-9/h3-4,7-8,11-12H,5-6H2,1-2H3/p+1/t8-/m1/s1. The molecule has 0 saturated carbocycles. The van der Waals surface area contributed by atoms with Gasteiger partial charge in [-0.15, -0.1) is 0 Å². The molecule has 0 aliphatic carbocycles. The lowest BCUT2D eigenvalue weighted by molar-refractivity contribution is -0.688. The quantitative estimate of drug-likeness (QED) is 0.697. The molecular formula is C9H17N2O2S+. The average Bonchev–Trinajstić information content (AvgIpc) is 2.63. The lowest BCUT2D eigenvalue weighted by atomic mass is 10.3. The Morgan fingerprint density at radius 1 is 1.64 bits per heavy atom. The van der Waals surface area contributed by atoms with Crippen molar-refractivity contribution in [1.29, 1.82) is 0 Å². The molecule has 1 aromatic heterocycles. The number of rotatable bonds is 6. The monoisotopic (exact) mass is 217 g/mol. The van der Waals surface area contributed by atoms with Crippen molar-refractivity contribution in [2.24, 2.45) is 0 Å². The summed E-state index contributed by atoms with van der Waals surface area (Å²) in [5, 5.41) is 14.1. The number of hydrogen-bond donors (Lipinski definition) is 2. The second-order valence-electron chi connectivity index (χ2n) is 3.48. The highest BCUT2D eigenvalue weighted by Gasteiger charge is 2.09. The van der Waals surface area contributed by atoms with Gasteiger partial charge in [0.2, 0.25) is 0 Å². The SMILES string of the molecule is CC(C)[NH2+]C[C@@H](O)COc1nccs1. The summed E-state index contributed by atoms with van der Waals surface area (Å²) in [7, 11) is 0. The van der Waals surface area contributed by atoms with Crippen molar-refractivity contribution in [1.82, 2.24) is 4.98 Å². The number of aromatic nitrogens is 1. The Hall–Kier alpha value is -0.650. The number of quaternary nitrogens is 1. The van der Waals surface area contributed by atoms with Crippen molar-refractivity contribution in [2.45, 2.75) is 26.0 Å². The van der Waals surface area contributed by atoms with E-state index in [2.05, 4.69) is 24.1 Å². The van der Waals surface area contributed by atoms with Crippen molar-refractivity contribution in [3.63, 3.8) is 0 Å². The van der Waals surface area contributed by atoms with Crippen molar-refractivity contribution >= 4 is 11.3 Å². The Kier molecular flexibility index (Phi) is 4.86. The summed E-state index contributed by atoms with van der Waals surface area (Å²) in [6.07, 6.45) is 1.26. The molecule has 0 amide bonds. The van der Waals surface area contributed by atoms with Gasteiger partial charge in [-0.2, -0.15) is 0 Å². The lowest BCUT2D eigenvalue weighted by Crippen LogP contribution is -2.90. The maximum Gasteiger partial charge on any atom is 0.273 e. The van der Waals surface area contributed by atoms with Crippen LogP contribution in [-0.2, 0) is 0 Å². The molecule has 0 bridgehead atoms. The first-order chi connectivity index (χ1) is 6.68. The summed E-state index contributed by atoms with van der Waals surface area (Å²) in [6, 6.07) is 0.504. The minimum absolute atomic E-state index is 0.316. The van der Waals surface area contributed by atoms with E-state index in [0.29, 0.717) is 24.4 Å². The zero-order chi connectivity index (χ0) is 10.4. The molecule has 1 heterocycles. The molecule has 0 aliphatic rings. The lowest BCUT2D eigenvalue weighted by Gasteiger charge is -2.11. The van der Waals surface area contributed by atoms with Gasteiger partial charge in [-0.05, 0) is 13.8 Å². The number of aliphatic hydroxyl groups is 1. The number of hydrogen-bond acceptors (Lipinski definition) is 4. The van der Waals surface area contributed by atoms with Crippen LogP contribution in [0, 0.1) is 0 Å². The summed E-state index contributed by atoms with van der Waals surface area (Å²) in [5.74, 6) is 0. The first-order valence-corrected chi connectivity index (χ1v) is 5.60. The Morgan fingerprint density at radius 2 is 2.43 bits per heavy atom. The fraction of sp³-hybridized carbons (Fsp3) is 0.667. The zero-order valence-electron chi connectivity index (χ0n) is 8.51. The van der Waals surface area contributed by atoms with Crippen LogP contribution in [0.2, 0.25) is 0 Å². The molecule has 0 fully saturated rings. The molecule has 5 heteroatoms. The smallest absolute Gasteiger partial charge is 0.273 e. The van der Waals surface area contributed by atoms with Crippen LogP contribution in [-0.4, -0.2) is 35.4 Å². The minimum atomic E-state index is -0.429. The maximum absolute atomic E-state index is 9.52. The Morgan fingerprint density at radius 3 is 3.00 bits per heavy atom. The molecule has 1 aromatic rings. The summed E-state index contributed by atoms with van der Waals surface area (Å²) in [4.78, 5) is 3.96. The van der Waals surface area contributed by atoms with Crippen LogP contribution < -0.4 is 10.1 Å². The van der Waals surface area contributed by atoms with E-state index in [9.17, 15) is 5.11 Å². The number of ether oxygens (including phenoxy) is 1. The van der Waals surface area contributed by atoms with Crippen LogP contribution in [0.5, 0.6) is 5.19 Å². The normalized spacial score (nSPS) is 13.1. The Balaban J connectivity index is 2.12. The third kappa shape index (κ3) is 4.55. The average molecular weight is 217 g/mol. The van der Waals surface area contributed by atoms with Crippen LogP contribution in [0.4, 0.5) is 0 Å². The van der Waals surface area contributed by atoms with E-state index >= 15 is 0 Å². The molecular weight excluding hydrogens is 200 g/mol. The predicted molar refractivity (Wildman–Crippen MR) is 55.5 cm³/mol. The molecule has 0 saturated heterocycles. The van der Waals surface area contributed by atoms with Crippen LogP contribution in [0.1, 0.15) is 13.8 Å². The van der Waals surface area contributed by atoms with Crippen molar-refractivity contribution in [3.8, 4) is 5.19 Å². The third-order valence-corrected chi connectivity index (χ3v) is 2.37. The van der Waals surface area contributed by atoms with Gasteiger partial charge in [-0.1, -0.05) is 11.3 Å². The molecule has 1 rings (SSSR count). The van der Waals surface area contributed by atoms with Crippen molar-refractivity contribution in [3.05, 3.63) is 11.6 Å². The maximum atomic E-state index is 9.52. The number of nitrogens with two attached hydrogens (primary N) is 1. The van der Waals surface area contributed by atoms with Gasteiger partial charge in [0.1, 0.15) is 19.3 Å². The van der Waals surface area contributed by atoms with Gasteiger partial charge in [-0.3, -0.25) is 0 Å². The zero-order valence-corrected chi connectivity index (χ0v) is 9.33. The van der Waals surface area contributed by atoms with Gasteiger partial charge in [0.05, 0.1) is 6.04 Å². The molecule has 0 spiro atoms. The molecule has 0 radical (unpaired) electrons. The Labute approximate surface area is 87.9 Å². The van der Waals surface area contributed by atoms with Crippen molar-refractivity contribution < 1.29 is 15.2 Å². The van der Waals surface area contributed by atoms with Crippen LogP contribution in [0.3, 0.4) is 0 Å². The topological polar surface area (TPSA) is 59.0 Å². The van der Waals surface area contributed by atoms with E-state index in [1.165, 1.54) is 11.3 Å². The van der Waals surface area contributed by atoms with E-state index in [1.807, 2.05) is 5.38 Å². The summed E-state index contributed by atoms with van der Waals surface area (Å²) >= 11 is 1.43. The van der Waals surface area contributed by atoms with Gasteiger partial charge < -0.3 is 15.2 Å². The van der Waals surface area contributed by atoms with E-state index in [4.69, 9.17) is 4.74 Å². The number of aliphatic hydroxyl groups excluding tert-OH is 1. The number of thiazole rings is 1. The van der Waals surface area contributed by atoms with E-state index in [0.717, 1.165) is 0 Å². The largest absolute Gasteiger partial charge is 0.467 e. The van der Waals surface area contributed by atoms with Gasteiger partial charge in [0.15, 0.2) is 0 Å². The predicted octanol–water partition coefficient (Wildman–Crippen LogP) is -0.145. The Bertz CT molecular complexity index is 239. The summed E-state index contributed by atoms with van der Waals surface area (Å²) in [6.45, 7) is 5.17. The molecule has 14 heavy (non-hydrogen) atoms.